The molecule has 0 unspecified atom stereocenters. The van der Waals surface area contributed by atoms with E-state index in [0.717, 1.165) is 5.56 Å². The van der Waals surface area contributed by atoms with Gasteiger partial charge in [0.2, 0.25) is 5.91 Å². The summed E-state index contributed by atoms with van der Waals surface area (Å²) in [7, 11) is 0. The first-order valence-electron chi connectivity index (χ1n) is 5.64. The Bertz CT molecular complexity index is 467. The fraction of sp³-hybridized carbons (Fsp3) is 0.333. The van der Waals surface area contributed by atoms with Crippen LogP contribution in [0.4, 0.5) is 16.2 Å². The lowest BCUT2D eigenvalue weighted by molar-refractivity contribution is -0.116. The van der Waals surface area contributed by atoms with Crippen LogP contribution in [-0.4, -0.2) is 36.6 Å². The van der Waals surface area contributed by atoms with E-state index in [1.165, 1.54) is 4.90 Å². The molecular formula is C12H15N3O3. The molecule has 1 aromatic carbocycles. The fourth-order valence-corrected chi connectivity index (χ4v) is 1.78. The van der Waals surface area contributed by atoms with Crippen LogP contribution in [0.2, 0.25) is 0 Å². The highest BCUT2D eigenvalue weighted by molar-refractivity contribution is 5.97. The lowest BCUT2D eigenvalue weighted by Gasteiger charge is -2.14. The Morgan fingerprint density at radius 1 is 1.56 bits per heavy atom. The van der Waals surface area contributed by atoms with E-state index < -0.39 is 6.09 Å². The van der Waals surface area contributed by atoms with Gasteiger partial charge in [0.15, 0.2) is 0 Å². The quantitative estimate of drug-likeness (QED) is 0.782. The topological polar surface area (TPSA) is 84.7 Å². The van der Waals surface area contributed by atoms with Crippen LogP contribution in [-0.2, 0) is 9.53 Å². The Balaban J connectivity index is 2.01. The average Bonchev–Trinajstić information content (AvgIpc) is 2.70. The van der Waals surface area contributed by atoms with Crippen molar-refractivity contribution < 1.29 is 14.3 Å². The van der Waals surface area contributed by atoms with Gasteiger partial charge < -0.3 is 15.8 Å². The molecule has 0 spiro atoms. The summed E-state index contributed by atoms with van der Waals surface area (Å²) < 4.78 is 4.75. The third-order valence-electron chi connectivity index (χ3n) is 2.75. The van der Waals surface area contributed by atoms with E-state index in [4.69, 9.17) is 10.5 Å². The Hall–Kier alpha value is -2.24. The summed E-state index contributed by atoms with van der Waals surface area (Å²) in [5, 5.41) is 2.71. The maximum Gasteiger partial charge on any atom is 0.410 e. The number of aryl methyl sites for hydroxylation is 1. The van der Waals surface area contributed by atoms with Crippen LogP contribution in [0.3, 0.4) is 0 Å². The number of cyclic esters (lactones) is 1. The Morgan fingerprint density at radius 3 is 2.94 bits per heavy atom. The van der Waals surface area contributed by atoms with Gasteiger partial charge in [-0.15, -0.1) is 0 Å². The molecule has 0 atom stereocenters. The van der Waals surface area contributed by atoms with Gasteiger partial charge >= 0.3 is 6.09 Å². The fourth-order valence-electron chi connectivity index (χ4n) is 1.78. The average molecular weight is 249 g/mol. The van der Waals surface area contributed by atoms with E-state index in [0.29, 0.717) is 24.5 Å². The number of nitrogen functional groups attached to an aromatic ring is 1. The first-order valence-corrected chi connectivity index (χ1v) is 5.64. The summed E-state index contributed by atoms with van der Waals surface area (Å²) in [6, 6.07) is 5.39. The van der Waals surface area contributed by atoms with Crippen LogP contribution in [0.1, 0.15) is 5.56 Å². The van der Waals surface area contributed by atoms with Gasteiger partial charge in [-0.2, -0.15) is 0 Å². The maximum atomic E-state index is 11.8. The van der Waals surface area contributed by atoms with Crippen molar-refractivity contribution >= 4 is 23.4 Å². The van der Waals surface area contributed by atoms with Gasteiger partial charge in [-0.1, -0.05) is 12.1 Å². The molecule has 1 saturated heterocycles. The smallest absolute Gasteiger partial charge is 0.410 e. The van der Waals surface area contributed by atoms with Gasteiger partial charge in [-0.25, -0.2) is 4.79 Å². The number of carbonyl (C=O) groups is 2. The minimum Gasteiger partial charge on any atom is -0.448 e. The number of amides is 2. The van der Waals surface area contributed by atoms with Gasteiger partial charge in [0.05, 0.1) is 17.9 Å². The molecule has 6 heteroatoms. The molecule has 2 rings (SSSR count). The SMILES string of the molecule is Cc1cccc(N)c1NC(=O)CN1CCOC1=O. The molecule has 3 N–H and O–H groups in total. The van der Waals surface area contributed by atoms with E-state index in [9.17, 15) is 9.59 Å². The maximum absolute atomic E-state index is 11.8. The van der Waals surface area contributed by atoms with Crippen LogP contribution >= 0.6 is 0 Å². The van der Waals surface area contributed by atoms with Crippen molar-refractivity contribution in [2.45, 2.75) is 6.92 Å². The number of para-hydroxylation sites is 1. The van der Waals surface area contributed by atoms with Gasteiger partial charge in [-0.3, -0.25) is 9.69 Å². The second-order valence-electron chi connectivity index (χ2n) is 4.12. The second-order valence-corrected chi connectivity index (χ2v) is 4.12. The van der Waals surface area contributed by atoms with Crippen LogP contribution in [0.25, 0.3) is 0 Å². The number of nitrogens with zero attached hydrogens (tertiary/aromatic N) is 1. The van der Waals surface area contributed by atoms with Crippen molar-refractivity contribution in [3.63, 3.8) is 0 Å². The highest BCUT2D eigenvalue weighted by Gasteiger charge is 2.24. The Labute approximate surface area is 105 Å². The minimum absolute atomic E-state index is 0.0212. The zero-order valence-electron chi connectivity index (χ0n) is 10.1. The van der Waals surface area contributed by atoms with Crippen LogP contribution in [0.15, 0.2) is 18.2 Å². The highest BCUT2D eigenvalue weighted by Crippen LogP contribution is 2.22. The molecule has 0 bridgehead atoms. The van der Waals surface area contributed by atoms with E-state index >= 15 is 0 Å². The van der Waals surface area contributed by atoms with E-state index in [1.54, 1.807) is 6.07 Å². The molecule has 1 aliphatic rings. The Kier molecular flexibility index (Phi) is 3.36. The molecule has 6 nitrogen and oxygen atoms in total. The molecule has 0 saturated carbocycles. The normalized spacial score (nSPS) is 14.5. The van der Waals surface area contributed by atoms with Gasteiger partial charge in [-0.05, 0) is 18.6 Å². The monoisotopic (exact) mass is 249 g/mol. The molecule has 1 aromatic rings. The number of anilines is 2. The van der Waals surface area contributed by atoms with Crippen molar-refractivity contribution in [2.24, 2.45) is 0 Å². The third-order valence-corrected chi connectivity index (χ3v) is 2.75. The molecule has 1 fully saturated rings. The number of ether oxygens (including phenoxy) is 1. The van der Waals surface area contributed by atoms with E-state index in [1.807, 2.05) is 19.1 Å². The van der Waals surface area contributed by atoms with Crippen LogP contribution in [0.5, 0.6) is 0 Å². The summed E-state index contributed by atoms with van der Waals surface area (Å²) in [5.74, 6) is -0.283. The van der Waals surface area contributed by atoms with E-state index in [-0.39, 0.29) is 12.5 Å². The van der Waals surface area contributed by atoms with Gasteiger partial charge in [0.25, 0.3) is 0 Å². The van der Waals surface area contributed by atoms with Crippen molar-refractivity contribution in [1.29, 1.82) is 0 Å². The van der Waals surface area contributed by atoms with Crippen molar-refractivity contribution in [3.05, 3.63) is 23.8 Å². The number of nitrogens with one attached hydrogen (secondary N) is 1. The number of carbonyl (C=O) groups excluding carboxylic acids is 2. The summed E-state index contributed by atoms with van der Waals surface area (Å²) >= 11 is 0. The highest BCUT2D eigenvalue weighted by atomic mass is 16.6. The summed E-state index contributed by atoms with van der Waals surface area (Å²) in [6.45, 7) is 2.61. The summed E-state index contributed by atoms with van der Waals surface area (Å²) in [4.78, 5) is 24.3. The van der Waals surface area contributed by atoms with Crippen LogP contribution < -0.4 is 11.1 Å². The van der Waals surface area contributed by atoms with Crippen molar-refractivity contribution in [2.75, 3.05) is 30.7 Å². The summed E-state index contributed by atoms with van der Waals surface area (Å²) in [5.41, 5.74) is 7.77. The third kappa shape index (κ3) is 2.53. The van der Waals surface area contributed by atoms with Gasteiger partial charge in [0.1, 0.15) is 13.2 Å². The molecule has 96 valence electrons. The second kappa shape index (κ2) is 4.95. The first-order chi connectivity index (χ1) is 8.58. The lowest BCUT2D eigenvalue weighted by Crippen LogP contribution is -2.34. The lowest BCUT2D eigenvalue weighted by atomic mass is 10.1. The largest absolute Gasteiger partial charge is 0.448 e. The van der Waals surface area contributed by atoms with Gasteiger partial charge in [0, 0.05) is 0 Å². The molecule has 0 aliphatic carbocycles. The van der Waals surface area contributed by atoms with E-state index in [2.05, 4.69) is 5.32 Å². The summed E-state index contributed by atoms with van der Waals surface area (Å²) in [6.07, 6.45) is -0.456. The molecule has 0 radical (unpaired) electrons. The Morgan fingerprint density at radius 2 is 2.33 bits per heavy atom. The predicted molar refractivity (Wildman–Crippen MR) is 67.1 cm³/mol. The number of benzene rings is 1. The molecule has 0 aromatic heterocycles. The molecule has 18 heavy (non-hydrogen) atoms. The zero-order chi connectivity index (χ0) is 13.1. The molecular weight excluding hydrogens is 234 g/mol. The number of rotatable bonds is 3. The first kappa shape index (κ1) is 12.2. The standard InChI is InChI=1S/C12H15N3O3/c1-8-3-2-4-9(13)11(8)14-10(16)7-15-5-6-18-12(15)17/h2-4H,5-7,13H2,1H3,(H,14,16). The molecule has 1 heterocycles. The van der Waals surface area contributed by atoms with Crippen LogP contribution in [0, 0.1) is 6.92 Å². The zero-order valence-corrected chi connectivity index (χ0v) is 10.1. The minimum atomic E-state index is -0.456. The number of nitrogens with two attached hydrogens (primary N) is 1. The number of hydrogen-bond donors (Lipinski definition) is 2. The predicted octanol–water partition coefficient (Wildman–Crippen LogP) is 0.968. The van der Waals surface area contributed by atoms with Crippen molar-refractivity contribution in [3.8, 4) is 0 Å². The number of hydrogen-bond acceptors (Lipinski definition) is 4. The molecule has 1 aliphatic heterocycles. The molecule has 2 amide bonds. The van der Waals surface area contributed by atoms with Crippen molar-refractivity contribution in [1.82, 2.24) is 4.90 Å².